The zero-order valence-electron chi connectivity index (χ0n) is 17.1. The summed E-state index contributed by atoms with van der Waals surface area (Å²) in [5.74, 6) is 1.20. The van der Waals surface area contributed by atoms with E-state index in [1.54, 1.807) is 0 Å². The smallest absolute Gasteiger partial charge is 0.227 e. The van der Waals surface area contributed by atoms with Crippen molar-refractivity contribution >= 4 is 34.2 Å². The molecule has 30 heavy (non-hydrogen) atoms. The van der Waals surface area contributed by atoms with Gasteiger partial charge in [-0.25, -0.2) is 4.98 Å². The van der Waals surface area contributed by atoms with E-state index in [1.807, 2.05) is 30.3 Å². The van der Waals surface area contributed by atoms with Gasteiger partial charge in [0.1, 0.15) is 5.82 Å². The second-order valence-electron chi connectivity index (χ2n) is 8.44. The van der Waals surface area contributed by atoms with Gasteiger partial charge in [-0.2, -0.15) is 0 Å². The number of aromatic amines is 1. The molecular formula is C24H27ClN4O. The number of carbonyl (C=O) groups excluding carboxylic acids is 1. The molecule has 1 N–H and O–H groups in total. The molecule has 2 aromatic carbocycles. The molecule has 2 saturated heterocycles. The average molecular weight is 423 g/mol. The van der Waals surface area contributed by atoms with E-state index in [0.717, 1.165) is 80.0 Å². The van der Waals surface area contributed by atoms with Crippen LogP contribution in [0.15, 0.2) is 42.5 Å². The Hall–Kier alpha value is -2.53. The number of H-pyrrole nitrogens is 1. The summed E-state index contributed by atoms with van der Waals surface area (Å²) >= 11 is 6.54. The van der Waals surface area contributed by atoms with Gasteiger partial charge in [-0.1, -0.05) is 23.7 Å². The Balaban J connectivity index is 1.38. The highest BCUT2D eigenvalue weighted by Crippen LogP contribution is 2.33. The summed E-state index contributed by atoms with van der Waals surface area (Å²) in [5, 5.41) is 0.677. The molecule has 0 bridgehead atoms. The summed E-state index contributed by atoms with van der Waals surface area (Å²) in [6.07, 6.45) is 5.54. The number of imidazole rings is 1. The molecule has 0 aliphatic carbocycles. The van der Waals surface area contributed by atoms with Gasteiger partial charge < -0.3 is 14.8 Å². The van der Waals surface area contributed by atoms with Gasteiger partial charge in [0.25, 0.3) is 0 Å². The zero-order chi connectivity index (χ0) is 20.5. The number of rotatable bonds is 3. The maximum atomic E-state index is 13.0. The van der Waals surface area contributed by atoms with Gasteiger partial charge in [0.05, 0.1) is 22.0 Å². The first-order valence-electron chi connectivity index (χ1n) is 11.0. The molecule has 156 valence electrons. The molecule has 0 radical (unpaired) electrons. The Kier molecular flexibility index (Phi) is 5.38. The summed E-state index contributed by atoms with van der Waals surface area (Å²) in [6, 6.07) is 14.1. The summed E-state index contributed by atoms with van der Waals surface area (Å²) in [7, 11) is 0. The third-order valence-corrected chi connectivity index (χ3v) is 6.73. The number of halogens is 1. The molecule has 6 heteroatoms. The number of hydrogen-bond acceptors (Lipinski definition) is 3. The number of aromatic nitrogens is 2. The van der Waals surface area contributed by atoms with Crippen molar-refractivity contribution in [2.45, 2.75) is 32.1 Å². The lowest BCUT2D eigenvalue weighted by Crippen LogP contribution is -2.46. The molecule has 1 atom stereocenters. The normalized spacial score (nSPS) is 20.0. The first-order chi connectivity index (χ1) is 14.7. The number of amides is 1. The number of anilines is 1. The van der Waals surface area contributed by atoms with Crippen LogP contribution in [0.4, 0.5) is 5.69 Å². The fourth-order valence-electron chi connectivity index (χ4n) is 4.76. The molecular weight excluding hydrogens is 396 g/mol. The van der Waals surface area contributed by atoms with Crippen molar-refractivity contribution in [3.05, 3.63) is 47.5 Å². The second-order valence-corrected chi connectivity index (χ2v) is 8.85. The zero-order valence-corrected chi connectivity index (χ0v) is 17.9. The number of benzene rings is 2. The van der Waals surface area contributed by atoms with E-state index in [0.29, 0.717) is 10.9 Å². The van der Waals surface area contributed by atoms with E-state index in [-0.39, 0.29) is 5.92 Å². The highest BCUT2D eigenvalue weighted by Gasteiger charge is 2.30. The third-order valence-electron chi connectivity index (χ3n) is 6.40. The minimum Gasteiger partial charge on any atom is -0.371 e. The van der Waals surface area contributed by atoms with Crippen LogP contribution in [0, 0.1) is 5.92 Å². The van der Waals surface area contributed by atoms with Crippen LogP contribution in [0.25, 0.3) is 22.4 Å². The van der Waals surface area contributed by atoms with Crippen molar-refractivity contribution in [1.82, 2.24) is 14.9 Å². The largest absolute Gasteiger partial charge is 0.371 e. The Morgan fingerprint density at radius 1 is 1.03 bits per heavy atom. The minimum absolute atomic E-state index is 0.0854. The lowest BCUT2D eigenvalue weighted by atomic mass is 9.95. The molecule has 3 heterocycles. The van der Waals surface area contributed by atoms with E-state index in [4.69, 9.17) is 16.6 Å². The van der Waals surface area contributed by atoms with Gasteiger partial charge in [-0.15, -0.1) is 0 Å². The highest BCUT2D eigenvalue weighted by molar-refractivity contribution is 6.33. The lowest BCUT2D eigenvalue weighted by molar-refractivity contribution is -0.136. The fraction of sp³-hybridized carbons (Fsp3) is 0.417. The van der Waals surface area contributed by atoms with Crippen molar-refractivity contribution in [3.8, 4) is 11.4 Å². The third kappa shape index (κ3) is 3.79. The number of fused-ring (bicyclic) bond motifs is 1. The van der Waals surface area contributed by atoms with Crippen molar-refractivity contribution in [2.75, 3.05) is 31.1 Å². The second kappa shape index (κ2) is 8.31. The molecule has 1 unspecified atom stereocenters. The van der Waals surface area contributed by atoms with E-state index < -0.39 is 0 Å². The van der Waals surface area contributed by atoms with Gasteiger partial charge in [-0.05, 0) is 62.4 Å². The van der Waals surface area contributed by atoms with E-state index in [1.165, 1.54) is 6.42 Å². The fourth-order valence-corrected chi connectivity index (χ4v) is 4.96. The van der Waals surface area contributed by atoms with E-state index >= 15 is 0 Å². The lowest BCUT2D eigenvalue weighted by Gasteiger charge is -2.37. The van der Waals surface area contributed by atoms with Gasteiger partial charge in [0, 0.05) is 37.4 Å². The quantitative estimate of drug-likeness (QED) is 0.637. The van der Waals surface area contributed by atoms with Gasteiger partial charge in [-0.3, -0.25) is 4.79 Å². The van der Waals surface area contributed by atoms with Crippen molar-refractivity contribution in [3.63, 3.8) is 0 Å². The number of hydrogen-bond donors (Lipinski definition) is 1. The molecule has 2 fully saturated rings. The molecule has 1 aromatic heterocycles. The molecule has 1 amide bonds. The summed E-state index contributed by atoms with van der Waals surface area (Å²) in [4.78, 5) is 25.5. The average Bonchev–Trinajstić information content (AvgIpc) is 3.23. The van der Waals surface area contributed by atoms with Crippen molar-refractivity contribution in [2.24, 2.45) is 5.92 Å². The number of carbonyl (C=O) groups is 1. The SMILES string of the molecule is O=C(C1CCCN(c2ccc(Cl)c(-c3nc4ccccc4[nH]3)c2)C1)N1CCCCC1. The van der Waals surface area contributed by atoms with Gasteiger partial charge in [0.2, 0.25) is 5.91 Å². The number of piperidine rings is 2. The molecule has 5 nitrogen and oxygen atoms in total. The number of likely N-dealkylation sites (tertiary alicyclic amines) is 1. The van der Waals surface area contributed by atoms with Gasteiger partial charge in [0.15, 0.2) is 0 Å². The Labute approximate surface area is 182 Å². The maximum Gasteiger partial charge on any atom is 0.227 e. The van der Waals surface area contributed by atoms with E-state index in [9.17, 15) is 4.79 Å². The van der Waals surface area contributed by atoms with Crippen LogP contribution >= 0.6 is 11.6 Å². The summed E-state index contributed by atoms with van der Waals surface area (Å²) < 4.78 is 0. The van der Waals surface area contributed by atoms with Crippen LogP contribution in [0.1, 0.15) is 32.1 Å². The van der Waals surface area contributed by atoms with Crippen LogP contribution in [-0.4, -0.2) is 47.0 Å². The Bertz CT molecular complexity index is 1020. The molecule has 3 aromatic rings. The molecule has 0 spiro atoms. The molecule has 5 rings (SSSR count). The van der Waals surface area contributed by atoms with Crippen molar-refractivity contribution in [1.29, 1.82) is 0 Å². The monoisotopic (exact) mass is 422 g/mol. The number of nitrogens with one attached hydrogen (secondary N) is 1. The maximum absolute atomic E-state index is 13.0. The first-order valence-corrected chi connectivity index (χ1v) is 11.4. The Morgan fingerprint density at radius 2 is 1.87 bits per heavy atom. The molecule has 2 aliphatic heterocycles. The summed E-state index contributed by atoms with van der Waals surface area (Å²) in [5.41, 5.74) is 3.93. The minimum atomic E-state index is 0.0854. The summed E-state index contributed by atoms with van der Waals surface area (Å²) in [6.45, 7) is 3.58. The molecule has 2 aliphatic rings. The van der Waals surface area contributed by atoms with Crippen LogP contribution in [-0.2, 0) is 4.79 Å². The number of nitrogens with zero attached hydrogens (tertiary/aromatic N) is 3. The molecule has 0 saturated carbocycles. The Morgan fingerprint density at radius 3 is 2.70 bits per heavy atom. The van der Waals surface area contributed by atoms with Crippen LogP contribution < -0.4 is 4.90 Å². The topological polar surface area (TPSA) is 52.2 Å². The van der Waals surface area contributed by atoms with Crippen molar-refractivity contribution < 1.29 is 4.79 Å². The van der Waals surface area contributed by atoms with Crippen LogP contribution in [0.2, 0.25) is 5.02 Å². The first kappa shape index (κ1) is 19.4. The van der Waals surface area contributed by atoms with Crippen LogP contribution in [0.5, 0.6) is 0 Å². The number of para-hydroxylation sites is 2. The standard InChI is InChI=1S/C24H27ClN4O/c25-20-11-10-18(15-19(20)23-26-21-8-2-3-9-22(21)27-23)29-14-6-7-17(16-29)24(30)28-12-4-1-5-13-28/h2-3,8-11,15,17H,1,4-7,12-14,16H2,(H,26,27). The predicted molar refractivity (Wildman–Crippen MR) is 122 cm³/mol. The predicted octanol–water partition coefficient (Wildman–Crippen LogP) is 5.11. The highest BCUT2D eigenvalue weighted by atomic mass is 35.5. The van der Waals surface area contributed by atoms with Gasteiger partial charge >= 0.3 is 0 Å². The van der Waals surface area contributed by atoms with E-state index in [2.05, 4.69) is 26.9 Å². The van der Waals surface area contributed by atoms with Crippen LogP contribution in [0.3, 0.4) is 0 Å².